The highest BCUT2D eigenvalue weighted by atomic mass is 32.1. The van der Waals surface area contributed by atoms with Crippen LogP contribution in [0, 0.1) is 13.8 Å². The van der Waals surface area contributed by atoms with Gasteiger partial charge in [-0.25, -0.2) is 4.79 Å². The van der Waals surface area contributed by atoms with Gasteiger partial charge in [-0.1, -0.05) is 31.1 Å². The van der Waals surface area contributed by atoms with Crippen LogP contribution < -0.4 is 9.47 Å². The number of alkyl halides is 3. The SMILES string of the molecule is Cc1cc(OCc2c(-c3ccccc3OC(F)(F)F)noc2C(C)C)ccc1-c1sc(C(=O)O)cc1C. The van der Waals surface area contributed by atoms with Gasteiger partial charge in [0.25, 0.3) is 0 Å². The highest BCUT2D eigenvalue weighted by Crippen LogP contribution is 2.39. The minimum atomic E-state index is -4.86. The molecule has 4 rings (SSSR count). The first-order valence-corrected chi connectivity index (χ1v) is 12.2. The van der Waals surface area contributed by atoms with Crippen molar-refractivity contribution in [2.24, 2.45) is 0 Å². The molecule has 0 fully saturated rings. The van der Waals surface area contributed by atoms with Crippen LogP contribution >= 0.6 is 11.3 Å². The van der Waals surface area contributed by atoms with E-state index >= 15 is 0 Å². The zero-order valence-electron chi connectivity index (χ0n) is 20.5. The number of benzene rings is 2. The van der Waals surface area contributed by atoms with Gasteiger partial charge >= 0.3 is 12.3 Å². The highest BCUT2D eigenvalue weighted by molar-refractivity contribution is 7.17. The number of aryl methyl sites for hydroxylation is 2. The van der Waals surface area contributed by atoms with E-state index in [4.69, 9.17) is 9.26 Å². The molecule has 2 aromatic carbocycles. The maximum atomic E-state index is 13.0. The molecule has 2 aromatic heterocycles. The van der Waals surface area contributed by atoms with E-state index in [1.807, 2.05) is 39.8 Å². The number of ether oxygens (including phenoxy) is 2. The number of rotatable bonds is 8. The molecule has 1 N–H and O–H groups in total. The van der Waals surface area contributed by atoms with Gasteiger partial charge in [-0.3, -0.25) is 0 Å². The smallest absolute Gasteiger partial charge is 0.489 e. The number of hydrogen-bond donors (Lipinski definition) is 1. The molecule has 0 aliphatic carbocycles. The molecule has 0 aliphatic rings. The minimum Gasteiger partial charge on any atom is -0.489 e. The maximum Gasteiger partial charge on any atom is 0.573 e. The van der Waals surface area contributed by atoms with Crippen molar-refractivity contribution in [3.8, 4) is 33.2 Å². The summed E-state index contributed by atoms with van der Waals surface area (Å²) in [7, 11) is 0. The van der Waals surface area contributed by atoms with Gasteiger partial charge in [0.1, 0.15) is 34.4 Å². The number of carboxylic acids is 1. The third kappa shape index (κ3) is 5.80. The van der Waals surface area contributed by atoms with Crippen LogP contribution in [0.5, 0.6) is 11.5 Å². The molecule has 2 heterocycles. The van der Waals surface area contributed by atoms with Crippen LogP contribution in [0.25, 0.3) is 21.7 Å². The second-order valence-corrected chi connectivity index (χ2v) is 9.82. The third-order valence-corrected chi connectivity index (χ3v) is 6.92. The van der Waals surface area contributed by atoms with Gasteiger partial charge in [0, 0.05) is 16.4 Å². The molecule has 0 spiro atoms. The summed E-state index contributed by atoms with van der Waals surface area (Å²) in [6.45, 7) is 7.55. The van der Waals surface area contributed by atoms with Gasteiger partial charge in [0.05, 0.1) is 5.56 Å². The number of para-hydroxylation sites is 1. The predicted molar refractivity (Wildman–Crippen MR) is 133 cm³/mol. The molecule has 37 heavy (non-hydrogen) atoms. The molecule has 0 amide bonds. The number of aromatic carboxylic acids is 1. The lowest BCUT2D eigenvalue weighted by Gasteiger charge is -2.14. The Bertz CT molecular complexity index is 1440. The summed E-state index contributed by atoms with van der Waals surface area (Å²) in [6, 6.07) is 12.9. The molecule has 0 saturated heterocycles. The van der Waals surface area contributed by atoms with E-state index in [1.54, 1.807) is 18.2 Å². The third-order valence-electron chi connectivity index (χ3n) is 5.67. The molecule has 194 valence electrons. The van der Waals surface area contributed by atoms with Crippen molar-refractivity contribution in [3.63, 3.8) is 0 Å². The summed E-state index contributed by atoms with van der Waals surface area (Å²) < 4.78 is 54.7. The molecule has 0 atom stereocenters. The standard InChI is InChI=1S/C27H24F3NO5S/c1-14(2)24-20(23(31-36-24)19-7-5-6-8-21(19)35-27(28,29)30)13-34-17-9-10-18(15(3)11-17)25-16(4)12-22(37-25)26(32)33/h5-12,14H,13H2,1-4H3,(H,32,33). The van der Waals surface area contributed by atoms with Crippen LogP contribution in [0.4, 0.5) is 13.2 Å². The second kappa shape index (κ2) is 10.3. The Hall–Kier alpha value is -3.79. The van der Waals surface area contributed by atoms with Crippen molar-refractivity contribution in [1.29, 1.82) is 0 Å². The van der Waals surface area contributed by atoms with Crippen LogP contribution in [0.15, 0.2) is 53.1 Å². The van der Waals surface area contributed by atoms with E-state index in [2.05, 4.69) is 9.89 Å². The summed E-state index contributed by atoms with van der Waals surface area (Å²) in [5, 5.41) is 13.4. The van der Waals surface area contributed by atoms with Crippen LogP contribution in [-0.2, 0) is 6.61 Å². The zero-order chi connectivity index (χ0) is 26.9. The largest absolute Gasteiger partial charge is 0.573 e. The van der Waals surface area contributed by atoms with Gasteiger partial charge < -0.3 is 19.1 Å². The van der Waals surface area contributed by atoms with Gasteiger partial charge in [-0.2, -0.15) is 0 Å². The molecular formula is C27H24F3NO5S. The number of thiophene rings is 1. The van der Waals surface area contributed by atoms with E-state index in [9.17, 15) is 23.1 Å². The van der Waals surface area contributed by atoms with Crippen LogP contribution in [-0.4, -0.2) is 22.6 Å². The van der Waals surface area contributed by atoms with Crippen molar-refractivity contribution in [2.45, 2.75) is 46.6 Å². The Morgan fingerprint density at radius 2 is 1.81 bits per heavy atom. The number of halogens is 3. The monoisotopic (exact) mass is 531 g/mol. The lowest BCUT2D eigenvalue weighted by Crippen LogP contribution is -2.17. The van der Waals surface area contributed by atoms with Crippen molar-refractivity contribution in [3.05, 3.63) is 75.9 Å². The van der Waals surface area contributed by atoms with Crippen molar-refractivity contribution >= 4 is 17.3 Å². The average Bonchev–Trinajstić information content (AvgIpc) is 3.41. The first kappa shape index (κ1) is 26.3. The van der Waals surface area contributed by atoms with Gasteiger partial charge in [0.2, 0.25) is 0 Å². The predicted octanol–water partition coefficient (Wildman–Crippen LogP) is 7.99. The summed E-state index contributed by atoms with van der Waals surface area (Å²) in [6.07, 6.45) is -4.86. The first-order valence-electron chi connectivity index (χ1n) is 11.4. The molecule has 10 heteroatoms. The van der Waals surface area contributed by atoms with E-state index in [1.165, 1.54) is 29.5 Å². The van der Waals surface area contributed by atoms with Gasteiger partial charge in [-0.05, 0) is 66.9 Å². The fourth-order valence-electron chi connectivity index (χ4n) is 3.99. The van der Waals surface area contributed by atoms with E-state index in [-0.39, 0.29) is 34.4 Å². The van der Waals surface area contributed by atoms with Crippen LogP contribution in [0.2, 0.25) is 0 Å². The Kier molecular flexibility index (Phi) is 7.31. The van der Waals surface area contributed by atoms with E-state index < -0.39 is 12.3 Å². The minimum absolute atomic E-state index is 0.00662. The van der Waals surface area contributed by atoms with Gasteiger partial charge in [-0.15, -0.1) is 24.5 Å². The molecule has 0 saturated carbocycles. The normalized spacial score (nSPS) is 11.7. The molecule has 0 radical (unpaired) electrons. The average molecular weight is 532 g/mol. The van der Waals surface area contributed by atoms with Crippen LogP contribution in [0.1, 0.15) is 51.9 Å². The quantitative estimate of drug-likeness (QED) is 0.248. The molecule has 4 aromatic rings. The lowest BCUT2D eigenvalue weighted by molar-refractivity contribution is -0.274. The zero-order valence-corrected chi connectivity index (χ0v) is 21.3. The Morgan fingerprint density at radius 3 is 2.43 bits per heavy atom. The van der Waals surface area contributed by atoms with Crippen molar-refractivity contribution in [2.75, 3.05) is 0 Å². The van der Waals surface area contributed by atoms with Gasteiger partial charge in [0.15, 0.2) is 0 Å². The number of hydrogen-bond acceptors (Lipinski definition) is 6. The lowest BCUT2D eigenvalue weighted by atomic mass is 10.0. The second-order valence-electron chi connectivity index (χ2n) is 8.77. The topological polar surface area (TPSA) is 81.8 Å². The van der Waals surface area contributed by atoms with Crippen molar-refractivity contribution in [1.82, 2.24) is 5.16 Å². The Morgan fingerprint density at radius 1 is 1.08 bits per heavy atom. The molecule has 0 unspecified atom stereocenters. The highest BCUT2D eigenvalue weighted by Gasteiger charge is 2.33. The number of nitrogens with zero attached hydrogens (tertiary/aromatic N) is 1. The Labute approximate surface area is 215 Å². The van der Waals surface area contributed by atoms with Crippen molar-refractivity contribution < 1.29 is 37.1 Å². The molecule has 0 bridgehead atoms. The van der Waals surface area contributed by atoms with Crippen LogP contribution in [0.3, 0.4) is 0 Å². The molecule has 0 aliphatic heterocycles. The first-order chi connectivity index (χ1) is 17.4. The summed E-state index contributed by atoms with van der Waals surface area (Å²) in [5.41, 5.74) is 3.53. The number of aromatic nitrogens is 1. The molecular weight excluding hydrogens is 507 g/mol. The Balaban J connectivity index is 1.64. The number of carbonyl (C=O) groups is 1. The molecule has 6 nitrogen and oxygen atoms in total. The van der Waals surface area contributed by atoms with E-state index in [0.29, 0.717) is 17.1 Å². The van der Waals surface area contributed by atoms with E-state index in [0.717, 1.165) is 21.6 Å². The maximum absolute atomic E-state index is 13.0. The fraction of sp³-hybridized carbons (Fsp3) is 0.259. The summed E-state index contributed by atoms with van der Waals surface area (Å²) in [5.74, 6) is -0.405. The summed E-state index contributed by atoms with van der Waals surface area (Å²) >= 11 is 1.21. The summed E-state index contributed by atoms with van der Waals surface area (Å²) in [4.78, 5) is 12.5. The number of carboxylic acid groups (broad SMARTS) is 1. The fourth-order valence-corrected chi connectivity index (χ4v) is 5.10.